The van der Waals surface area contributed by atoms with E-state index in [4.69, 9.17) is 34.8 Å². The Balaban J connectivity index is 2.03. The minimum absolute atomic E-state index is 0.0545. The van der Waals surface area contributed by atoms with Gasteiger partial charge in [-0.05, 0) is 36.8 Å². The predicted molar refractivity (Wildman–Crippen MR) is 96.4 cm³/mol. The molecule has 1 N–H and O–H groups in total. The van der Waals surface area contributed by atoms with Gasteiger partial charge < -0.3 is 5.32 Å². The topological polar surface area (TPSA) is 46.2 Å². The summed E-state index contributed by atoms with van der Waals surface area (Å²) < 4.78 is 24.8. The number of hydrogen-bond donors (Lipinski definition) is 1. The van der Waals surface area contributed by atoms with E-state index >= 15 is 0 Å². The molecule has 0 aliphatic rings. The first-order valence-corrected chi connectivity index (χ1v) is 9.75. The molecule has 2 rings (SSSR count). The normalized spacial score (nSPS) is 13.0. The number of rotatable bonds is 6. The van der Waals surface area contributed by atoms with Crippen molar-refractivity contribution >= 4 is 44.6 Å². The number of nitrogens with one attached hydrogen (secondary N) is 1. The summed E-state index contributed by atoms with van der Waals surface area (Å²) in [5.41, 5.74) is 0.923. The molecular weight excluding hydrogens is 377 g/mol. The molecule has 1 atom stereocenters. The molecule has 0 saturated carbocycles. The Morgan fingerprint density at radius 1 is 1.04 bits per heavy atom. The summed E-state index contributed by atoms with van der Waals surface area (Å²) >= 11 is 17.9. The Hall–Kier alpha value is -0.780. The number of halogens is 3. The van der Waals surface area contributed by atoms with Gasteiger partial charge in [0.05, 0.1) is 15.7 Å². The van der Waals surface area contributed by atoms with Crippen molar-refractivity contribution in [3.05, 3.63) is 63.1 Å². The Bertz CT molecular complexity index is 794. The van der Waals surface area contributed by atoms with Gasteiger partial charge in [0.1, 0.15) is 0 Å². The fraction of sp³-hybridized carbons (Fsp3) is 0.250. The zero-order chi connectivity index (χ0) is 17.0. The maximum atomic E-state index is 12.4. The average Bonchev–Trinajstić information content (AvgIpc) is 2.49. The third kappa shape index (κ3) is 4.85. The summed E-state index contributed by atoms with van der Waals surface area (Å²) in [6, 6.07) is 11.8. The molecule has 3 nitrogen and oxygen atoms in total. The average molecular weight is 393 g/mol. The summed E-state index contributed by atoms with van der Waals surface area (Å²) in [7, 11) is -3.51. The molecule has 0 radical (unpaired) electrons. The van der Waals surface area contributed by atoms with Crippen molar-refractivity contribution in [3.8, 4) is 0 Å². The summed E-state index contributed by atoms with van der Waals surface area (Å²) in [5, 5.41) is 4.32. The van der Waals surface area contributed by atoms with Crippen molar-refractivity contribution in [1.82, 2.24) is 5.32 Å². The van der Waals surface area contributed by atoms with Gasteiger partial charge in [-0.2, -0.15) is 0 Å². The van der Waals surface area contributed by atoms with E-state index in [1.807, 2.05) is 25.1 Å². The van der Waals surface area contributed by atoms with Crippen molar-refractivity contribution in [2.45, 2.75) is 17.9 Å². The smallest absolute Gasteiger partial charge is 0.181 e. The van der Waals surface area contributed by atoms with Crippen LogP contribution in [0.3, 0.4) is 0 Å². The molecule has 0 aliphatic carbocycles. The molecule has 7 heteroatoms. The summed E-state index contributed by atoms with van der Waals surface area (Å²) in [6.07, 6.45) is 0. The van der Waals surface area contributed by atoms with Crippen LogP contribution in [0.15, 0.2) is 47.4 Å². The molecule has 0 aromatic heterocycles. The van der Waals surface area contributed by atoms with Crippen LogP contribution >= 0.6 is 34.8 Å². The molecule has 2 aromatic rings. The van der Waals surface area contributed by atoms with E-state index in [0.717, 1.165) is 5.56 Å². The van der Waals surface area contributed by atoms with Crippen molar-refractivity contribution in [2.75, 3.05) is 12.3 Å². The van der Waals surface area contributed by atoms with Crippen LogP contribution in [0.25, 0.3) is 0 Å². The van der Waals surface area contributed by atoms with Crippen LogP contribution in [0.5, 0.6) is 0 Å². The molecule has 0 heterocycles. The van der Waals surface area contributed by atoms with Crippen LogP contribution in [-0.4, -0.2) is 20.7 Å². The maximum Gasteiger partial charge on any atom is 0.181 e. The first kappa shape index (κ1) is 18.6. The minimum atomic E-state index is -3.51. The van der Waals surface area contributed by atoms with Crippen LogP contribution < -0.4 is 5.32 Å². The van der Waals surface area contributed by atoms with E-state index < -0.39 is 9.84 Å². The Labute approximate surface area is 151 Å². The summed E-state index contributed by atoms with van der Waals surface area (Å²) in [4.78, 5) is 0.0545. The summed E-state index contributed by atoms with van der Waals surface area (Å²) in [5.74, 6) is -0.0815. The van der Waals surface area contributed by atoms with Crippen LogP contribution in [0, 0.1) is 0 Å². The van der Waals surface area contributed by atoms with Gasteiger partial charge in [0.25, 0.3) is 0 Å². The number of sulfone groups is 1. The quantitative estimate of drug-likeness (QED) is 0.770. The lowest BCUT2D eigenvalue weighted by atomic mass is 10.1. The Morgan fingerprint density at radius 2 is 1.74 bits per heavy atom. The zero-order valence-corrected chi connectivity index (χ0v) is 15.5. The molecule has 0 spiro atoms. The van der Waals surface area contributed by atoms with Gasteiger partial charge >= 0.3 is 0 Å². The molecule has 0 bridgehead atoms. The van der Waals surface area contributed by atoms with Crippen molar-refractivity contribution in [3.63, 3.8) is 0 Å². The Kier molecular flexibility index (Phi) is 6.34. The monoisotopic (exact) mass is 391 g/mol. The highest BCUT2D eigenvalue weighted by Crippen LogP contribution is 2.26. The van der Waals surface area contributed by atoms with Crippen LogP contribution in [0.1, 0.15) is 18.5 Å². The lowest BCUT2D eigenvalue weighted by Crippen LogP contribution is -2.26. The highest BCUT2D eigenvalue weighted by molar-refractivity contribution is 7.91. The maximum absolute atomic E-state index is 12.4. The van der Waals surface area contributed by atoms with Gasteiger partial charge in [0, 0.05) is 22.6 Å². The van der Waals surface area contributed by atoms with E-state index in [9.17, 15) is 8.42 Å². The molecular formula is C16H16Cl3NO2S. The van der Waals surface area contributed by atoms with Gasteiger partial charge in [-0.1, -0.05) is 53.0 Å². The lowest BCUT2D eigenvalue weighted by Gasteiger charge is -2.16. The van der Waals surface area contributed by atoms with E-state index in [-0.39, 0.29) is 28.3 Å². The largest absolute Gasteiger partial charge is 0.309 e. The standard InChI is InChI=1S/C16H16Cl3NO2S/c1-11(13-4-2-3-5-14(13)18)20-8-9-23(21,22)16-10-12(17)6-7-15(16)19/h2-7,10-11,20H,8-9H2,1H3. The van der Waals surface area contributed by atoms with E-state index in [1.165, 1.54) is 12.1 Å². The van der Waals surface area contributed by atoms with E-state index in [0.29, 0.717) is 10.0 Å². The van der Waals surface area contributed by atoms with Gasteiger partial charge in [-0.15, -0.1) is 0 Å². The first-order valence-electron chi connectivity index (χ1n) is 6.97. The molecule has 0 saturated heterocycles. The predicted octanol–water partition coefficient (Wildman–Crippen LogP) is 4.77. The third-order valence-corrected chi connectivity index (χ3v) is 6.19. The second-order valence-electron chi connectivity index (χ2n) is 5.09. The zero-order valence-electron chi connectivity index (χ0n) is 12.4. The molecule has 0 amide bonds. The second-order valence-corrected chi connectivity index (χ2v) is 8.42. The molecule has 124 valence electrons. The minimum Gasteiger partial charge on any atom is -0.309 e. The van der Waals surface area contributed by atoms with Crippen molar-refractivity contribution < 1.29 is 8.42 Å². The van der Waals surface area contributed by atoms with Crippen LogP contribution in [0.2, 0.25) is 15.1 Å². The highest BCUT2D eigenvalue weighted by Gasteiger charge is 2.19. The van der Waals surface area contributed by atoms with Crippen molar-refractivity contribution in [2.24, 2.45) is 0 Å². The van der Waals surface area contributed by atoms with Gasteiger partial charge in [-0.25, -0.2) is 8.42 Å². The third-order valence-electron chi connectivity index (χ3n) is 3.42. The molecule has 23 heavy (non-hydrogen) atoms. The lowest BCUT2D eigenvalue weighted by molar-refractivity contribution is 0.572. The highest BCUT2D eigenvalue weighted by atomic mass is 35.5. The molecule has 2 aromatic carbocycles. The van der Waals surface area contributed by atoms with E-state index in [1.54, 1.807) is 12.1 Å². The number of hydrogen-bond acceptors (Lipinski definition) is 3. The number of benzene rings is 2. The van der Waals surface area contributed by atoms with Crippen LogP contribution in [0.4, 0.5) is 0 Å². The molecule has 0 aliphatic heterocycles. The Morgan fingerprint density at radius 3 is 2.43 bits per heavy atom. The van der Waals surface area contributed by atoms with Gasteiger partial charge in [0.2, 0.25) is 0 Å². The van der Waals surface area contributed by atoms with Gasteiger partial charge in [-0.3, -0.25) is 0 Å². The molecule has 0 fully saturated rings. The molecule has 1 unspecified atom stereocenters. The fourth-order valence-corrected chi connectivity index (χ4v) is 4.46. The van der Waals surface area contributed by atoms with Crippen molar-refractivity contribution in [1.29, 1.82) is 0 Å². The van der Waals surface area contributed by atoms with Crippen LogP contribution in [-0.2, 0) is 9.84 Å². The second kappa shape index (κ2) is 7.86. The van der Waals surface area contributed by atoms with E-state index in [2.05, 4.69) is 5.32 Å². The summed E-state index contributed by atoms with van der Waals surface area (Å²) in [6.45, 7) is 2.21. The SMILES string of the molecule is CC(NCCS(=O)(=O)c1cc(Cl)ccc1Cl)c1ccccc1Cl. The van der Waals surface area contributed by atoms with Gasteiger partial charge in [0.15, 0.2) is 9.84 Å². The fourth-order valence-electron chi connectivity index (χ4n) is 2.17. The first-order chi connectivity index (χ1) is 10.8.